The first-order valence-corrected chi connectivity index (χ1v) is 9.28. The molecule has 3 aromatic rings. The van der Waals surface area contributed by atoms with Crippen molar-refractivity contribution >= 4 is 32.8 Å². The summed E-state index contributed by atoms with van der Waals surface area (Å²) in [5, 5.41) is 9.85. The van der Waals surface area contributed by atoms with Crippen molar-refractivity contribution in [3.8, 4) is 6.07 Å². The zero-order valence-corrected chi connectivity index (χ0v) is 16.7. The number of methoxy groups -OCH3 is 1. The summed E-state index contributed by atoms with van der Waals surface area (Å²) < 4.78 is 12.0. The van der Waals surface area contributed by atoms with Crippen LogP contribution >= 0.6 is 15.9 Å². The van der Waals surface area contributed by atoms with E-state index in [2.05, 4.69) is 22.0 Å². The molecule has 1 heterocycles. The molecule has 0 bridgehead atoms. The molecule has 0 saturated carbocycles. The number of amides is 1. The van der Waals surface area contributed by atoms with Crippen molar-refractivity contribution in [3.63, 3.8) is 0 Å². The first-order valence-electron chi connectivity index (χ1n) is 8.49. The van der Waals surface area contributed by atoms with Crippen LogP contribution in [-0.2, 0) is 11.3 Å². The third-order valence-electron chi connectivity index (χ3n) is 4.40. The Kier molecular flexibility index (Phi) is 5.94. The van der Waals surface area contributed by atoms with E-state index in [0.29, 0.717) is 36.6 Å². The largest absolute Gasteiger partial charge is 0.451 e. The van der Waals surface area contributed by atoms with E-state index in [-0.39, 0.29) is 5.91 Å². The maximum Gasteiger partial charge on any atom is 0.290 e. The van der Waals surface area contributed by atoms with Gasteiger partial charge in [-0.3, -0.25) is 4.79 Å². The Balaban J connectivity index is 1.90. The third-order valence-corrected chi connectivity index (χ3v) is 4.89. The lowest BCUT2D eigenvalue weighted by Gasteiger charge is -2.22. The zero-order chi connectivity index (χ0) is 19.4. The Morgan fingerprint density at radius 3 is 2.67 bits per heavy atom. The minimum absolute atomic E-state index is 0.179. The maximum atomic E-state index is 13.2. The van der Waals surface area contributed by atoms with Crippen molar-refractivity contribution in [1.82, 2.24) is 4.90 Å². The lowest BCUT2D eigenvalue weighted by Crippen LogP contribution is -2.33. The summed E-state index contributed by atoms with van der Waals surface area (Å²) in [5.41, 5.74) is 3.03. The summed E-state index contributed by atoms with van der Waals surface area (Å²) in [4.78, 5) is 14.9. The summed E-state index contributed by atoms with van der Waals surface area (Å²) >= 11 is 3.46. The predicted molar refractivity (Wildman–Crippen MR) is 106 cm³/mol. The van der Waals surface area contributed by atoms with E-state index < -0.39 is 0 Å². The van der Waals surface area contributed by atoms with Crippen LogP contribution < -0.4 is 0 Å². The highest BCUT2D eigenvalue weighted by Gasteiger charge is 2.23. The van der Waals surface area contributed by atoms with Gasteiger partial charge in [0.2, 0.25) is 0 Å². The van der Waals surface area contributed by atoms with Crippen molar-refractivity contribution in [2.24, 2.45) is 0 Å². The minimum atomic E-state index is -0.179. The van der Waals surface area contributed by atoms with Crippen LogP contribution in [0.15, 0.2) is 51.4 Å². The number of hydrogen-bond acceptors (Lipinski definition) is 4. The van der Waals surface area contributed by atoms with E-state index in [4.69, 9.17) is 14.4 Å². The second kappa shape index (κ2) is 8.38. The quantitative estimate of drug-likeness (QED) is 0.574. The second-order valence-corrected chi connectivity index (χ2v) is 7.14. The molecule has 0 fully saturated rings. The lowest BCUT2D eigenvalue weighted by molar-refractivity contribution is 0.0650. The molecule has 0 unspecified atom stereocenters. The standard InChI is InChI=1S/C21H19BrN2O3/c1-14-18-11-17(22)7-8-19(18)27-20(14)21(25)24(9-10-26-2)13-16-5-3-15(12-23)4-6-16/h3-8,11H,9-10,13H2,1-2H3. The first-order chi connectivity index (χ1) is 13.0. The zero-order valence-electron chi connectivity index (χ0n) is 15.2. The fourth-order valence-corrected chi connectivity index (χ4v) is 3.26. The van der Waals surface area contributed by atoms with Gasteiger partial charge in [-0.1, -0.05) is 28.1 Å². The molecule has 0 atom stereocenters. The fourth-order valence-electron chi connectivity index (χ4n) is 2.90. The molecule has 6 heteroatoms. The molecule has 0 aliphatic rings. The van der Waals surface area contributed by atoms with E-state index in [1.807, 2.05) is 37.3 Å². The number of nitriles is 1. The number of ether oxygens (including phenoxy) is 1. The summed E-state index contributed by atoms with van der Waals surface area (Å²) in [6.45, 7) is 3.16. The molecule has 1 amide bonds. The molecule has 0 spiro atoms. The van der Waals surface area contributed by atoms with Crippen molar-refractivity contribution in [1.29, 1.82) is 5.26 Å². The van der Waals surface area contributed by atoms with Crippen LogP contribution in [0.3, 0.4) is 0 Å². The number of fused-ring (bicyclic) bond motifs is 1. The Labute approximate surface area is 166 Å². The number of carbonyl (C=O) groups excluding carboxylic acids is 1. The highest BCUT2D eigenvalue weighted by molar-refractivity contribution is 9.10. The van der Waals surface area contributed by atoms with Crippen LogP contribution in [0.25, 0.3) is 11.0 Å². The molecule has 138 valence electrons. The SMILES string of the molecule is COCCN(Cc1ccc(C#N)cc1)C(=O)c1oc2ccc(Br)cc2c1C. The van der Waals surface area contributed by atoms with Crippen molar-refractivity contribution < 1.29 is 13.9 Å². The number of aryl methyl sites for hydroxylation is 1. The lowest BCUT2D eigenvalue weighted by atomic mass is 10.1. The second-order valence-electron chi connectivity index (χ2n) is 6.22. The van der Waals surface area contributed by atoms with Crippen LogP contribution in [0.2, 0.25) is 0 Å². The van der Waals surface area contributed by atoms with Gasteiger partial charge in [0.05, 0.1) is 18.2 Å². The van der Waals surface area contributed by atoms with Gasteiger partial charge < -0.3 is 14.1 Å². The average Bonchev–Trinajstić information content (AvgIpc) is 3.01. The number of benzene rings is 2. The van der Waals surface area contributed by atoms with Crippen molar-refractivity contribution in [2.45, 2.75) is 13.5 Å². The molecule has 3 rings (SSSR count). The van der Waals surface area contributed by atoms with Gasteiger partial charge in [-0.15, -0.1) is 0 Å². The Hall–Kier alpha value is -2.62. The van der Waals surface area contributed by atoms with Gasteiger partial charge in [0, 0.05) is 35.6 Å². The van der Waals surface area contributed by atoms with Crippen LogP contribution in [0.1, 0.15) is 27.2 Å². The van der Waals surface area contributed by atoms with E-state index in [0.717, 1.165) is 21.0 Å². The van der Waals surface area contributed by atoms with Gasteiger partial charge >= 0.3 is 0 Å². The third kappa shape index (κ3) is 4.21. The van der Waals surface area contributed by atoms with Crippen molar-refractivity contribution in [3.05, 3.63) is 69.4 Å². The number of carbonyl (C=O) groups is 1. The van der Waals surface area contributed by atoms with Crippen LogP contribution in [-0.4, -0.2) is 31.1 Å². The number of hydrogen-bond donors (Lipinski definition) is 0. The number of halogens is 1. The van der Waals surface area contributed by atoms with E-state index in [1.165, 1.54) is 0 Å². The fraction of sp³-hybridized carbons (Fsp3) is 0.238. The highest BCUT2D eigenvalue weighted by atomic mass is 79.9. The predicted octanol–water partition coefficient (Wildman–Crippen LogP) is 4.66. The number of rotatable bonds is 6. The minimum Gasteiger partial charge on any atom is -0.451 e. The molecule has 2 aromatic carbocycles. The highest BCUT2D eigenvalue weighted by Crippen LogP contribution is 2.29. The van der Waals surface area contributed by atoms with Crippen LogP contribution in [0.4, 0.5) is 0 Å². The molecule has 0 saturated heterocycles. The Morgan fingerprint density at radius 2 is 2.00 bits per heavy atom. The topological polar surface area (TPSA) is 66.5 Å². The van der Waals surface area contributed by atoms with E-state index in [9.17, 15) is 4.79 Å². The number of nitrogens with zero attached hydrogens (tertiary/aromatic N) is 2. The summed E-state index contributed by atoms with van der Waals surface area (Å²) in [6.07, 6.45) is 0. The average molecular weight is 427 g/mol. The van der Waals surface area contributed by atoms with Crippen LogP contribution in [0, 0.1) is 18.3 Å². The van der Waals surface area contributed by atoms with Crippen LogP contribution in [0.5, 0.6) is 0 Å². The summed E-state index contributed by atoms with van der Waals surface area (Å²) in [5.74, 6) is 0.161. The van der Waals surface area contributed by atoms with Crippen molar-refractivity contribution in [2.75, 3.05) is 20.3 Å². The van der Waals surface area contributed by atoms with E-state index >= 15 is 0 Å². The molecule has 0 N–H and O–H groups in total. The van der Waals surface area contributed by atoms with Gasteiger partial charge in [-0.2, -0.15) is 5.26 Å². The first kappa shape index (κ1) is 19.2. The van der Waals surface area contributed by atoms with Gasteiger partial charge in [-0.05, 0) is 42.8 Å². The molecule has 5 nitrogen and oxygen atoms in total. The molecular weight excluding hydrogens is 408 g/mol. The molecular formula is C21H19BrN2O3. The Bertz CT molecular complexity index is 1000. The molecule has 0 radical (unpaired) electrons. The van der Waals surface area contributed by atoms with E-state index in [1.54, 1.807) is 24.1 Å². The summed E-state index contributed by atoms with van der Waals surface area (Å²) in [7, 11) is 1.61. The maximum absolute atomic E-state index is 13.2. The van der Waals surface area contributed by atoms with Gasteiger partial charge in [0.15, 0.2) is 5.76 Å². The molecule has 0 aliphatic heterocycles. The number of furan rings is 1. The summed E-state index contributed by atoms with van der Waals surface area (Å²) in [6, 6.07) is 15.0. The molecule has 0 aliphatic carbocycles. The monoisotopic (exact) mass is 426 g/mol. The smallest absolute Gasteiger partial charge is 0.290 e. The molecule has 1 aromatic heterocycles. The Morgan fingerprint density at radius 1 is 1.26 bits per heavy atom. The van der Waals surface area contributed by atoms with Gasteiger partial charge in [0.1, 0.15) is 5.58 Å². The molecule has 27 heavy (non-hydrogen) atoms. The van der Waals surface area contributed by atoms with Gasteiger partial charge in [0.25, 0.3) is 5.91 Å². The van der Waals surface area contributed by atoms with Gasteiger partial charge in [-0.25, -0.2) is 0 Å². The normalized spacial score (nSPS) is 10.7.